The van der Waals surface area contributed by atoms with E-state index in [9.17, 15) is 4.79 Å². The van der Waals surface area contributed by atoms with Crippen molar-refractivity contribution in [1.82, 2.24) is 15.5 Å². The van der Waals surface area contributed by atoms with Crippen LogP contribution >= 0.6 is 11.3 Å². The minimum absolute atomic E-state index is 0.115. The molecule has 0 aromatic carbocycles. The number of carbonyl (C=O) groups excluding carboxylic acids is 1. The van der Waals surface area contributed by atoms with E-state index in [0.717, 1.165) is 18.9 Å². The summed E-state index contributed by atoms with van der Waals surface area (Å²) in [5, 5.41) is 8.58. The van der Waals surface area contributed by atoms with Gasteiger partial charge in [-0.15, -0.1) is 11.3 Å². The van der Waals surface area contributed by atoms with E-state index < -0.39 is 0 Å². The largest absolute Gasteiger partial charge is 0.356 e. The Kier molecular flexibility index (Phi) is 7.82. The van der Waals surface area contributed by atoms with E-state index in [-0.39, 0.29) is 5.91 Å². The lowest BCUT2D eigenvalue weighted by Gasteiger charge is -2.16. The van der Waals surface area contributed by atoms with Gasteiger partial charge in [0, 0.05) is 45.5 Å². The lowest BCUT2D eigenvalue weighted by molar-refractivity contribution is -0.128. The smallest absolute Gasteiger partial charge is 0.223 e. The Balaban J connectivity index is 2.23. The molecule has 21 heavy (non-hydrogen) atoms. The number of amides is 1. The predicted octanol–water partition coefficient (Wildman–Crippen LogP) is 1.57. The van der Waals surface area contributed by atoms with Crippen molar-refractivity contribution < 1.29 is 4.79 Å². The first-order valence-electron chi connectivity index (χ1n) is 7.20. The molecule has 0 bridgehead atoms. The van der Waals surface area contributed by atoms with Crippen LogP contribution in [-0.4, -0.2) is 51.0 Å². The first kappa shape index (κ1) is 17.5. The second kappa shape index (κ2) is 9.39. The number of nitrogens with one attached hydrogen (secondary N) is 2. The Labute approximate surface area is 131 Å². The zero-order valence-electron chi connectivity index (χ0n) is 13.3. The maximum atomic E-state index is 11.5. The van der Waals surface area contributed by atoms with Crippen molar-refractivity contribution in [3.05, 3.63) is 22.4 Å². The Hall–Kier alpha value is -1.56. The summed E-state index contributed by atoms with van der Waals surface area (Å²) in [6.07, 6.45) is 1.54. The first-order chi connectivity index (χ1) is 10.0. The van der Waals surface area contributed by atoms with Gasteiger partial charge < -0.3 is 15.5 Å². The molecule has 1 aromatic rings. The molecule has 0 aliphatic heterocycles. The Morgan fingerprint density at radius 2 is 2.19 bits per heavy atom. The molecule has 0 saturated heterocycles. The molecular weight excluding hydrogens is 284 g/mol. The minimum Gasteiger partial charge on any atom is -0.356 e. The molecule has 2 N–H and O–H groups in total. The Bertz CT molecular complexity index is 443. The van der Waals surface area contributed by atoms with Gasteiger partial charge >= 0.3 is 0 Å². The maximum absolute atomic E-state index is 11.5. The molecule has 5 nitrogen and oxygen atoms in total. The fourth-order valence-electron chi connectivity index (χ4n) is 1.85. The first-order valence-corrected chi connectivity index (χ1v) is 8.08. The average molecular weight is 310 g/mol. The second-order valence-electron chi connectivity index (χ2n) is 5.31. The Morgan fingerprint density at radius 3 is 2.76 bits per heavy atom. The number of rotatable bonds is 7. The highest BCUT2D eigenvalue weighted by molar-refractivity contribution is 7.09. The van der Waals surface area contributed by atoms with Crippen LogP contribution in [0.5, 0.6) is 0 Å². The van der Waals surface area contributed by atoms with Crippen molar-refractivity contribution in [1.29, 1.82) is 0 Å². The molecule has 118 valence electrons. The third-order valence-corrected chi connectivity index (χ3v) is 4.00. The lowest BCUT2D eigenvalue weighted by Crippen LogP contribution is -2.41. The van der Waals surface area contributed by atoms with Crippen LogP contribution in [-0.2, 0) is 11.2 Å². The van der Waals surface area contributed by atoms with Gasteiger partial charge in [0.1, 0.15) is 0 Å². The lowest BCUT2D eigenvalue weighted by atomic mass is 10.1. The molecule has 0 saturated carbocycles. The average Bonchev–Trinajstić information content (AvgIpc) is 2.94. The molecule has 1 unspecified atom stereocenters. The van der Waals surface area contributed by atoms with E-state index in [2.05, 4.69) is 40.1 Å². The van der Waals surface area contributed by atoms with Gasteiger partial charge in [0.2, 0.25) is 5.91 Å². The summed E-state index contributed by atoms with van der Waals surface area (Å²) in [5.41, 5.74) is 0. The van der Waals surface area contributed by atoms with Crippen molar-refractivity contribution in [2.24, 2.45) is 10.9 Å². The van der Waals surface area contributed by atoms with Gasteiger partial charge in [-0.1, -0.05) is 13.0 Å². The predicted molar refractivity (Wildman–Crippen MR) is 89.9 cm³/mol. The fourth-order valence-corrected chi connectivity index (χ4v) is 2.72. The highest BCUT2D eigenvalue weighted by Gasteiger charge is 2.07. The molecule has 1 amide bonds. The molecule has 6 heteroatoms. The van der Waals surface area contributed by atoms with Gasteiger partial charge in [0.05, 0.1) is 0 Å². The molecule has 0 radical (unpaired) electrons. The zero-order chi connectivity index (χ0) is 15.7. The number of hydrogen-bond donors (Lipinski definition) is 2. The molecule has 1 aromatic heterocycles. The van der Waals surface area contributed by atoms with E-state index in [1.54, 1.807) is 37.4 Å². The third kappa shape index (κ3) is 7.13. The van der Waals surface area contributed by atoms with Crippen molar-refractivity contribution in [3.8, 4) is 0 Å². The van der Waals surface area contributed by atoms with Gasteiger partial charge in [0.25, 0.3) is 0 Å². The molecule has 1 heterocycles. The summed E-state index contributed by atoms with van der Waals surface area (Å²) in [6, 6.07) is 4.25. The van der Waals surface area contributed by atoms with Crippen LogP contribution in [0.15, 0.2) is 22.5 Å². The number of guanidine groups is 1. The minimum atomic E-state index is 0.115. The van der Waals surface area contributed by atoms with Crippen LogP contribution in [0.3, 0.4) is 0 Å². The van der Waals surface area contributed by atoms with E-state index in [0.29, 0.717) is 18.9 Å². The topological polar surface area (TPSA) is 56.7 Å². The summed E-state index contributed by atoms with van der Waals surface area (Å²) >= 11 is 1.80. The van der Waals surface area contributed by atoms with Crippen LogP contribution in [0.4, 0.5) is 0 Å². The van der Waals surface area contributed by atoms with E-state index in [1.807, 2.05) is 0 Å². The number of thiophene rings is 1. The maximum Gasteiger partial charge on any atom is 0.223 e. The quantitative estimate of drug-likeness (QED) is 0.594. The van der Waals surface area contributed by atoms with Crippen molar-refractivity contribution in [3.63, 3.8) is 0 Å². The van der Waals surface area contributed by atoms with E-state index in [1.165, 1.54) is 4.88 Å². The van der Waals surface area contributed by atoms with Crippen LogP contribution in [0.25, 0.3) is 0 Å². The third-order valence-electron chi connectivity index (χ3n) is 3.10. The Morgan fingerprint density at radius 1 is 1.43 bits per heavy atom. The molecular formula is C15H26N4OS. The van der Waals surface area contributed by atoms with Gasteiger partial charge in [-0.3, -0.25) is 9.79 Å². The summed E-state index contributed by atoms with van der Waals surface area (Å²) in [7, 11) is 5.27. The van der Waals surface area contributed by atoms with Crippen molar-refractivity contribution in [2.45, 2.75) is 19.8 Å². The molecule has 0 aliphatic carbocycles. The monoisotopic (exact) mass is 310 g/mol. The molecule has 1 rings (SSSR count). The van der Waals surface area contributed by atoms with Crippen LogP contribution in [0.2, 0.25) is 0 Å². The molecule has 1 atom stereocenters. The van der Waals surface area contributed by atoms with Crippen molar-refractivity contribution in [2.75, 3.05) is 34.2 Å². The number of hydrogen-bond acceptors (Lipinski definition) is 3. The van der Waals surface area contributed by atoms with Crippen LogP contribution < -0.4 is 10.6 Å². The summed E-state index contributed by atoms with van der Waals surface area (Å²) < 4.78 is 0. The fraction of sp³-hybridized carbons (Fsp3) is 0.600. The molecule has 0 spiro atoms. The van der Waals surface area contributed by atoms with E-state index in [4.69, 9.17) is 0 Å². The standard InChI is InChI=1S/C15H26N4OS/c1-12(10-13-6-5-9-21-13)11-18-15(16-2)17-8-7-14(20)19(3)4/h5-6,9,12H,7-8,10-11H2,1-4H3,(H2,16,17,18). The number of nitrogens with zero attached hydrogens (tertiary/aromatic N) is 2. The number of carbonyl (C=O) groups is 1. The van der Waals surface area contributed by atoms with Gasteiger partial charge in [-0.2, -0.15) is 0 Å². The van der Waals surface area contributed by atoms with Crippen molar-refractivity contribution >= 4 is 23.2 Å². The summed E-state index contributed by atoms with van der Waals surface area (Å²) in [4.78, 5) is 18.7. The second-order valence-corrected chi connectivity index (χ2v) is 6.34. The summed E-state index contributed by atoms with van der Waals surface area (Å²) in [6.45, 7) is 3.67. The van der Waals surface area contributed by atoms with Gasteiger partial charge in [0.15, 0.2) is 5.96 Å². The zero-order valence-corrected chi connectivity index (χ0v) is 14.2. The van der Waals surface area contributed by atoms with Gasteiger partial charge in [-0.05, 0) is 23.8 Å². The number of aliphatic imine (C=N–C) groups is 1. The van der Waals surface area contributed by atoms with Crippen LogP contribution in [0.1, 0.15) is 18.2 Å². The summed E-state index contributed by atoms with van der Waals surface area (Å²) in [5.74, 6) is 1.40. The normalized spacial score (nSPS) is 12.9. The highest BCUT2D eigenvalue weighted by Crippen LogP contribution is 2.13. The SMILES string of the molecule is CN=C(NCCC(=O)N(C)C)NCC(C)Cc1cccs1. The highest BCUT2D eigenvalue weighted by atomic mass is 32.1. The molecule has 0 fully saturated rings. The van der Waals surface area contributed by atoms with Gasteiger partial charge in [-0.25, -0.2) is 0 Å². The van der Waals surface area contributed by atoms with E-state index >= 15 is 0 Å². The van der Waals surface area contributed by atoms with Crippen LogP contribution in [0, 0.1) is 5.92 Å². The molecule has 0 aliphatic rings.